The van der Waals surface area contributed by atoms with Crippen molar-refractivity contribution in [2.24, 2.45) is 0 Å². The molecule has 0 amide bonds. The van der Waals surface area contributed by atoms with Gasteiger partial charge in [0.1, 0.15) is 5.75 Å². The maximum Gasteiger partial charge on any atom is 0.122 e. The van der Waals surface area contributed by atoms with Crippen LogP contribution in [0.25, 0.3) is 0 Å². The zero-order valence-electron chi connectivity index (χ0n) is 7.88. The molecule has 0 aromatic heterocycles. The molecule has 0 saturated carbocycles. The predicted octanol–water partition coefficient (Wildman–Crippen LogP) is 0.676. The molecule has 0 radical (unpaired) electrons. The van der Waals surface area contributed by atoms with Crippen LogP contribution < -0.4 is 9.84 Å². The third-order valence-corrected chi connectivity index (χ3v) is 1.96. The van der Waals surface area contributed by atoms with Gasteiger partial charge in [-0.2, -0.15) is 0 Å². The minimum atomic E-state index is -1.15. The molecule has 1 rings (SSSR count). The first kappa shape index (κ1) is 9.58. The molecule has 0 unspecified atom stereocenters. The topological polar surface area (TPSA) is 49.4 Å². The predicted molar refractivity (Wildman–Crippen MR) is 46.8 cm³/mol. The summed E-state index contributed by atoms with van der Waals surface area (Å²) in [5, 5.41) is 10.6. The lowest BCUT2D eigenvalue weighted by Crippen LogP contribution is -2.23. The first-order chi connectivity index (χ1) is 6.06. The van der Waals surface area contributed by atoms with E-state index in [0.717, 1.165) is 5.56 Å². The average Bonchev–Trinajstić information content (AvgIpc) is 2.07. The van der Waals surface area contributed by atoms with Crippen molar-refractivity contribution in [1.29, 1.82) is 0 Å². The van der Waals surface area contributed by atoms with Crippen LogP contribution in [-0.2, 0) is 0 Å². The van der Waals surface area contributed by atoms with Crippen LogP contribution in [0.15, 0.2) is 12.1 Å². The van der Waals surface area contributed by atoms with E-state index in [1.165, 1.54) is 0 Å². The monoisotopic (exact) mass is 179 g/mol. The molecule has 13 heavy (non-hydrogen) atoms. The lowest BCUT2D eigenvalue weighted by Gasteiger charge is -2.11. The Morgan fingerprint density at radius 2 is 1.92 bits per heavy atom. The summed E-state index contributed by atoms with van der Waals surface area (Å²) in [7, 11) is 1.56. The summed E-state index contributed by atoms with van der Waals surface area (Å²) in [4.78, 5) is 10.6. The Bertz CT molecular complexity index is 342. The molecule has 0 bridgehead atoms. The van der Waals surface area contributed by atoms with E-state index in [4.69, 9.17) is 4.74 Å². The van der Waals surface area contributed by atoms with Crippen LogP contribution in [0.4, 0.5) is 0 Å². The van der Waals surface area contributed by atoms with E-state index in [9.17, 15) is 9.90 Å². The van der Waals surface area contributed by atoms with Gasteiger partial charge in [-0.3, -0.25) is 0 Å². The van der Waals surface area contributed by atoms with E-state index < -0.39 is 5.97 Å². The van der Waals surface area contributed by atoms with Gasteiger partial charge < -0.3 is 14.6 Å². The van der Waals surface area contributed by atoms with Crippen molar-refractivity contribution in [3.8, 4) is 5.75 Å². The first-order valence-corrected chi connectivity index (χ1v) is 3.93. The van der Waals surface area contributed by atoms with Crippen molar-refractivity contribution in [1.82, 2.24) is 0 Å². The summed E-state index contributed by atoms with van der Waals surface area (Å²) in [6, 6.07) is 3.25. The number of carbonyl (C=O) groups is 1. The van der Waals surface area contributed by atoms with Gasteiger partial charge in [0, 0.05) is 5.56 Å². The summed E-state index contributed by atoms with van der Waals surface area (Å²) in [6.45, 7) is 3.51. The maximum atomic E-state index is 10.6. The Kier molecular flexibility index (Phi) is 2.56. The quantitative estimate of drug-likeness (QED) is 0.670. The van der Waals surface area contributed by atoms with Crippen LogP contribution in [0.2, 0.25) is 0 Å². The highest BCUT2D eigenvalue weighted by molar-refractivity contribution is 5.88. The number of aromatic carboxylic acids is 1. The van der Waals surface area contributed by atoms with Gasteiger partial charge in [-0.1, -0.05) is 0 Å². The van der Waals surface area contributed by atoms with Gasteiger partial charge >= 0.3 is 0 Å². The number of rotatable bonds is 2. The van der Waals surface area contributed by atoms with Gasteiger partial charge in [-0.25, -0.2) is 0 Å². The number of carboxylic acid groups (broad SMARTS) is 1. The normalized spacial score (nSPS) is 9.77. The smallest absolute Gasteiger partial charge is 0.122 e. The van der Waals surface area contributed by atoms with Crippen molar-refractivity contribution < 1.29 is 14.6 Å². The number of methoxy groups -OCH3 is 1. The van der Waals surface area contributed by atoms with Gasteiger partial charge in [-0.05, 0) is 37.1 Å². The molecule has 0 saturated heterocycles. The highest BCUT2D eigenvalue weighted by atomic mass is 16.5. The summed E-state index contributed by atoms with van der Waals surface area (Å²) < 4.78 is 5.05. The molecule has 0 spiro atoms. The summed E-state index contributed by atoms with van der Waals surface area (Å²) in [5.41, 5.74) is 1.67. The second kappa shape index (κ2) is 3.47. The Hall–Kier alpha value is -1.51. The zero-order valence-corrected chi connectivity index (χ0v) is 7.88. The highest BCUT2D eigenvalue weighted by Gasteiger charge is 2.04. The SMILES string of the molecule is COc1cc(C)c(C(=O)[O-])cc1C. The first-order valence-electron chi connectivity index (χ1n) is 3.93. The number of benzene rings is 1. The zero-order chi connectivity index (χ0) is 10.0. The molecule has 1 aromatic carbocycles. The molecule has 0 fully saturated rings. The Balaban J connectivity index is 3.28. The average molecular weight is 179 g/mol. The third kappa shape index (κ3) is 1.80. The van der Waals surface area contributed by atoms with Crippen molar-refractivity contribution in [2.45, 2.75) is 13.8 Å². The van der Waals surface area contributed by atoms with E-state index in [1.54, 1.807) is 33.1 Å². The summed E-state index contributed by atoms with van der Waals surface area (Å²) >= 11 is 0. The molecule has 0 heterocycles. The van der Waals surface area contributed by atoms with Gasteiger partial charge in [-0.15, -0.1) is 0 Å². The van der Waals surface area contributed by atoms with Gasteiger partial charge in [0.2, 0.25) is 0 Å². The number of carbonyl (C=O) groups excluding carboxylic acids is 1. The van der Waals surface area contributed by atoms with Crippen LogP contribution in [0.3, 0.4) is 0 Å². The minimum Gasteiger partial charge on any atom is -0.545 e. The molecular weight excluding hydrogens is 168 g/mol. The lowest BCUT2D eigenvalue weighted by molar-refractivity contribution is -0.255. The standard InChI is InChI=1S/C10H12O3/c1-6-5-9(13-3)7(2)4-8(6)10(11)12/h4-5H,1-3H3,(H,11,12)/p-1. The number of hydrogen-bond acceptors (Lipinski definition) is 3. The molecule has 3 heteroatoms. The fraction of sp³-hybridized carbons (Fsp3) is 0.300. The van der Waals surface area contributed by atoms with Crippen LogP contribution in [0.5, 0.6) is 5.75 Å². The largest absolute Gasteiger partial charge is 0.545 e. The van der Waals surface area contributed by atoms with Crippen molar-refractivity contribution in [2.75, 3.05) is 7.11 Å². The highest BCUT2D eigenvalue weighted by Crippen LogP contribution is 2.21. The number of carboxylic acids is 1. The van der Waals surface area contributed by atoms with Crippen molar-refractivity contribution >= 4 is 5.97 Å². The molecule has 0 N–H and O–H groups in total. The maximum absolute atomic E-state index is 10.6. The van der Waals surface area contributed by atoms with Gasteiger partial charge in [0.05, 0.1) is 13.1 Å². The van der Waals surface area contributed by atoms with E-state index in [0.29, 0.717) is 11.3 Å². The molecule has 0 aliphatic rings. The van der Waals surface area contributed by atoms with E-state index in [2.05, 4.69) is 0 Å². The fourth-order valence-electron chi connectivity index (χ4n) is 1.23. The molecule has 1 aromatic rings. The minimum absolute atomic E-state index is 0.221. The van der Waals surface area contributed by atoms with Gasteiger partial charge in [0.15, 0.2) is 0 Å². The molecule has 0 aliphatic carbocycles. The number of hydrogen-bond donors (Lipinski definition) is 0. The molecule has 0 aliphatic heterocycles. The van der Waals surface area contributed by atoms with Crippen LogP contribution in [-0.4, -0.2) is 13.1 Å². The Labute approximate surface area is 77.0 Å². The third-order valence-electron chi connectivity index (χ3n) is 1.96. The molecule has 3 nitrogen and oxygen atoms in total. The Morgan fingerprint density at radius 1 is 1.31 bits per heavy atom. The second-order valence-corrected chi connectivity index (χ2v) is 2.92. The number of aryl methyl sites for hydroxylation is 2. The summed E-state index contributed by atoms with van der Waals surface area (Å²) in [5.74, 6) is -0.453. The fourth-order valence-corrected chi connectivity index (χ4v) is 1.23. The van der Waals surface area contributed by atoms with E-state index >= 15 is 0 Å². The van der Waals surface area contributed by atoms with Crippen molar-refractivity contribution in [3.05, 3.63) is 28.8 Å². The lowest BCUT2D eigenvalue weighted by atomic mass is 10.0. The van der Waals surface area contributed by atoms with Crippen LogP contribution in [0, 0.1) is 13.8 Å². The van der Waals surface area contributed by atoms with Gasteiger partial charge in [0.25, 0.3) is 0 Å². The van der Waals surface area contributed by atoms with Crippen LogP contribution in [0.1, 0.15) is 21.5 Å². The van der Waals surface area contributed by atoms with E-state index in [1.807, 2.05) is 0 Å². The van der Waals surface area contributed by atoms with Crippen molar-refractivity contribution in [3.63, 3.8) is 0 Å². The van der Waals surface area contributed by atoms with E-state index in [-0.39, 0.29) is 5.56 Å². The van der Waals surface area contributed by atoms with Crippen LogP contribution >= 0.6 is 0 Å². The second-order valence-electron chi connectivity index (χ2n) is 2.92. The summed E-state index contributed by atoms with van der Waals surface area (Å²) in [6.07, 6.45) is 0. The Morgan fingerprint density at radius 3 is 2.38 bits per heavy atom. The number of ether oxygens (including phenoxy) is 1. The molecule has 70 valence electrons. The molecule has 0 atom stereocenters. The molecular formula is C10H11O3-.